The van der Waals surface area contributed by atoms with Gasteiger partial charge in [0.15, 0.2) is 0 Å². The summed E-state index contributed by atoms with van der Waals surface area (Å²) in [5, 5.41) is 9.96. The zero-order valence-corrected chi connectivity index (χ0v) is 9.65. The molecule has 82 valence electrons. The summed E-state index contributed by atoms with van der Waals surface area (Å²) in [6, 6.07) is 13.9. The Labute approximate surface area is 99.4 Å². The van der Waals surface area contributed by atoms with Gasteiger partial charge in [0.1, 0.15) is 0 Å². The number of pyridine rings is 1. The second kappa shape index (κ2) is 5.68. The highest BCUT2D eigenvalue weighted by molar-refractivity contribution is 7.98. The van der Waals surface area contributed by atoms with Gasteiger partial charge < -0.3 is 5.11 Å². The van der Waals surface area contributed by atoms with Crippen LogP contribution in [0.4, 0.5) is 0 Å². The lowest BCUT2D eigenvalue weighted by Gasteiger charge is -2.02. The number of hydrogen-bond acceptors (Lipinski definition) is 3. The smallest absolute Gasteiger partial charge is 0.0963 e. The fourth-order valence-electron chi connectivity index (χ4n) is 1.33. The Hall–Kier alpha value is -1.32. The van der Waals surface area contributed by atoms with Gasteiger partial charge in [-0.25, -0.2) is 4.98 Å². The van der Waals surface area contributed by atoms with E-state index in [0.29, 0.717) is 0 Å². The third-order valence-electron chi connectivity index (χ3n) is 2.23. The Morgan fingerprint density at radius 3 is 2.38 bits per heavy atom. The fraction of sp³-hybridized carbons (Fsp3) is 0.154. The lowest BCUT2D eigenvalue weighted by atomic mass is 10.2. The van der Waals surface area contributed by atoms with Crippen molar-refractivity contribution in [2.45, 2.75) is 17.4 Å². The van der Waals surface area contributed by atoms with E-state index in [1.54, 1.807) is 18.0 Å². The predicted molar refractivity (Wildman–Crippen MR) is 66.2 cm³/mol. The lowest BCUT2D eigenvalue weighted by Crippen LogP contribution is -1.85. The van der Waals surface area contributed by atoms with Crippen LogP contribution in [-0.4, -0.2) is 10.1 Å². The van der Waals surface area contributed by atoms with Gasteiger partial charge >= 0.3 is 0 Å². The lowest BCUT2D eigenvalue weighted by molar-refractivity contribution is 0.282. The quantitative estimate of drug-likeness (QED) is 0.821. The van der Waals surface area contributed by atoms with Gasteiger partial charge in [-0.15, -0.1) is 11.8 Å². The van der Waals surface area contributed by atoms with Gasteiger partial charge in [0.05, 0.1) is 11.6 Å². The highest BCUT2D eigenvalue weighted by Crippen LogP contribution is 2.20. The number of benzene rings is 1. The summed E-state index contributed by atoms with van der Waals surface area (Å²) in [4.78, 5) is 4.25. The third kappa shape index (κ3) is 3.08. The van der Waals surface area contributed by atoms with E-state index >= 15 is 0 Å². The number of rotatable bonds is 4. The van der Waals surface area contributed by atoms with Gasteiger partial charge in [-0.05, 0) is 23.3 Å². The monoisotopic (exact) mass is 231 g/mol. The number of thioether (sulfide) groups is 1. The highest BCUT2D eigenvalue weighted by Gasteiger charge is 1.97. The molecule has 0 atom stereocenters. The van der Waals surface area contributed by atoms with E-state index in [4.69, 9.17) is 5.11 Å². The van der Waals surface area contributed by atoms with Crippen molar-refractivity contribution < 1.29 is 5.11 Å². The molecule has 0 aliphatic rings. The normalized spacial score (nSPS) is 10.3. The Morgan fingerprint density at radius 1 is 1.00 bits per heavy atom. The van der Waals surface area contributed by atoms with E-state index in [1.807, 2.05) is 42.5 Å². The van der Waals surface area contributed by atoms with E-state index < -0.39 is 0 Å². The molecular weight excluding hydrogens is 218 g/mol. The predicted octanol–water partition coefficient (Wildman–Crippen LogP) is 2.87. The van der Waals surface area contributed by atoms with E-state index in [0.717, 1.165) is 16.3 Å². The molecule has 0 amide bonds. The molecule has 0 fully saturated rings. The molecule has 2 nitrogen and oxygen atoms in total. The summed E-state index contributed by atoms with van der Waals surface area (Å²) in [5.74, 6) is 0.905. The van der Waals surface area contributed by atoms with E-state index in [1.165, 1.54) is 5.56 Å². The first-order chi connectivity index (χ1) is 7.88. The van der Waals surface area contributed by atoms with Gasteiger partial charge in [0.2, 0.25) is 0 Å². The maximum absolute atomic E-state index is 8.92. The van der Waals surface area contributed by atoms with Crippen LogP contribution >= 0.6 is 11.8 Å². The van der Waals surface area contributed by atoms with Crippen LogP contribution < -0.4 is 0 Å². The zero-order valence-electron chi connectivity index (χ0n) is 8.84. The first-order valence-electron chi connectivity index (χ1n) is 5.11. The van der Waals surface area contributed by atoms with Gasteiger partial charge in [-0.3, -0.25) is 0 Å². The molecule has 16 heavy (non-hydrogen) atoms. The Bertz CT molecular complexity index is 427. The van der Waals surface area contributed by atoms with Gasteiger partial charge in [-0.2, -0.15) is 0 Å². The molecule has 0 radical (unpaired) electrons. The Kier molecular flexibility index (Phi) is 3.97. The number of nitrogens with zero attached hydrogens (tertiary/aromatic N) is 1. The van der Waals surface area contributed by atoms with Crippen LogP contribution in [0.2, 0.25) is 0 Å². The molecule has 1 heterocycles. The maximum Gasteiger partial charge on any atom is 0.0963 e. The minimum Gasteiger partial charge on any atom is -0.392 e. The van der Waals surface area contributed by atoms with E-state index in [2.05, 4.69) is 4.98 Å². The molecule has 0 unspecified atom stereocenters. The van der Waals surface area contributed by atoms with Crippen molar-refractivity contribution in [1.82, 2.24) is 4.98 Å². The summed E-state index contributed by atoms with van der Waals surface area (Å²) in [7, 11) is 0. The van der Waals surface area contributed by atoms with Crippen LogP contribution in [0, 0.1) is 0 Å². The van der Waals surface area contributed by atoms with Gasteiger partial charge in [0, 0.05) is 11.9 Å². The number of aliphatic hydroxyl groups is 1. The van der Waals surface area contributed by atoms with Crippen LogP contribution in [0.5, 0.6) is 0 Å². The Morgan fingerprint density at radius 2 is 1.75 bits per heavy atom. The SMILES string of the molecule is OCc1ccc(CSc2ccccn2)cc1. The van der Waals surface area contributed by atoms with Crippen molar-refractivity contribution in [1.29, 1.82) is 0 Å². The van der Waals surface area contributed by atoms with Crippen molar-refractivity contribution >= 4 is 11.8 Å². The molecule has 0 saturated heterocycles. The largest absolute Gasteiger partial charge is 0.392 e. The Balaban J connectivity index is 1.94. The maximum atomic E-state index is 8.92. The second-order valence-corrected chi connectivity index (χ2v) is 4.43. The number of hydrogen-bond donors (Lipinski definition) is 1. The fourth-order valence-corrected chi connectivity index (χ4v) is 2.15. The van der Waals surface area contributed by atoms with Crippen molar-refractivity contribution in [2.75, 3.05) is 0 Å². The topological polar surface area (TPSA) is 33.1 Å². The van der Waals surface area contributed by atoms with E-state index in [9.17, 15) is 0 Å². The molecular formula is C13H13NOS. The average Bonchev–Trinajstić information content (AvgIpc) is 2.38. The standard InChI is InChI=1S/C13H13NOS/c15-9-11-4-6-12(7-5-11)10-16-13-3-1-2-8-14-13/h1-8,15H,9-10H2. The first-order valence-corrected chi connectivity index (χ1v) is 6.09. The van der Waals surface area contributed by atoms with Crippen LogP contribution in [0.25, 0.3) is 0 Å². The number of aromatic nitrogens is 1. The summed E-state index contributed by atoms with van der Waals surface area (Å²) in [5.41, 5.74) is 2.19. The van der Waals surface area contributed by atoms with Gasteiger partial charge in [0.25, 0.3) is 0 Å². The molecule has 2 aromatic rings. The molecule has 1 aromatic carbocycles. The summed E-state index contributed by atoms with van der Waals surface area (Å²) in [6.45, 7) is 0.105. The van der Waals surface area contributed by atoms with Crippen LogP contribution in [-0.2, 0) is 12.4 Å². The second-order valence-electron chi connectivity index (χ2n) is 3.43. The first kappa shape index (κ1) is 11.2. The molecule has 0 bridgehead atoms. The highest BCUT2D eigenvalue weighted by atomic mass is 32.2. The molecule has 0 aliphatic heterocycles. The van der Waals surface area contributed by atoms with Crippen molar-refractivity contribution in [3.8, 4) is 0 Å². The zero-order chi connectivity index (χ0) is 11.2. The van der Waals surface area contributed by atoms with Crippen molar-refractivity contribution in [3.63, 3.8) is 0 Å². The summed E-state index contributed by atoms with van der Waals surface area (Å²) >= 11 is 1.71. The van der Waals surface area contributed by atoms with Gasteiger partial charge in [-0.1, -0.05) is 30.3 Å². The molecule has 0 saturated carbocycles. The minimum absolute atomic E-state index is 0.105. The summed E-state index contributed by atoms with van der Waals surface area (Å²) in [6.07, 6.45) is 1.80. The van der Waals surface area contributed by atoms with Crippen molar-refractivity contribution in [2.24, 2.45) is 0 Å². The molecule has 1 aromatic heterocycles. The van der Waals surface area contributed by atoms with Crippen LogP contribution in [0.1, 0.15) is 11.1 Å². The third-order valence-corrected chi connectivity index (χ3v) is 3.24. The van der Waals surface area contributed by atoms with Crippen molar-refractivity contribution in [3.05, 3.63) is 59.8 Å². The minimum atomic E-state index is 0.105. The average molecular weight is 231 g/mol. The molecule has 0 spiro atoms. The molecule has 3 heteroatoms. The molecule has 2 rings (SSSR count). The molecule has 0 aliphatic carbocycles. The number of aliphatic hydroxyl groups excluding tert-OH is 1. The van der Waals surface area contributed by atoms with Crippen LogP contribution in [0.3, 0.4) is 0 Å². The summed E-state index contributed by atoms with van der Waals surface area (Å²) < 4.78 is 0. The molecule has 1 N–H and O–H groups in total. The van der Waals surface area contributed by atoms with Crippen LogP contribution in [0.15, 0.2) is 53.7 Å². The van der Waals surface area contributed by atoms with E-state index in [-0.39, 0.29) is 6.61 Å².